The van der Waals surface area contributed by atoms with Crippen LogP contribution in [0.3, 0.4) is 0 Å². The lowest BCUT2D eigenvalue weighted by molar-refractivity contribution is 0.0984. The molecule has 0 fully saturated rings. The van der Waals surface area contributed by atoms with Crippen LogP contribution in [-0.4, -0.2) is 27.1 Å². The summed E-state index contributed by atoms with van der Waals surface area (Å²) in [5, 5.41) is 0. The number of rotatable bonds is 2. The van der Waals surface area contributed by atoms with E-state index in [2.05, 4.69) is 0 Å². The van der Waals surface area contributed by atoms with Gasteiger partial charge in [-0.15, -0.1) is 0 Å². The molecule has 7 heteroatoms. The minimum atomic E-state index is -3.45. The predicted octanol–water partition coefficient (Wildman–Crippen LogP) is 2.96. The van der Waals surface area contributed by atoms with Gasteiger partial charge in [-0.25, -0.2) is 17.2 Å². The zero-order valence-electron chi connectivity index (χ0n) is 12.9. The van der Waals surface area contributed by atoms with Gasteiger partial charge in [0.05, 0.1) is 10.6 Å². The first kappa shape index (κ1) is 16.6. The number of benzene rings is 2. The average molecular weight is 351 g/mol. The smallest absolute Gasteiger partial charge is 0.258 e. The number of hydrogen-bond donors (Lipinski definition) is 0. The van der Waals surface area contributed by atoms with Crippen molar-refractivity contribution < 1.29 is 22.0 Å². The summed E-state index contributed by atoms with van der Waals surface area (Å²) >= 11 is 0. The van der Waals surface area contributed by atoms with E-state index in [1.165, 1.54) is 29.2 Å². The van der Waals surface area contributed by atoms with Gasteiger partial charge >= 0.3 is 0 Å². The number of sulfone groups is 1. The summed E-state index contributed by atoms with van der Waals surface area (Å²) < 4.78 is 50.8. The lowest BCUT2D eigenvalue weighted by Crippen LogP contribution is -2.36. The van der Waals surface area contributed by atoms with Crippen LogP contribution in [0.15, 0.2) is 41.3 Å². The molecule has 0 atom stereocenters. The van der Waals surface area contributed by atoms with Crippen molar-refractivity contribution in [3.05, 3.63) is 59.2 Å². The fourth-order valence-electron chi connectivity index (χ4n) is 2.84. The van der Waals surface area contributed by atoms with Gasteiger partial charge in [-0.05, 0) is 37.1 Å². The number of halogens is 2. The minimum Gasteiger partial charge on any atom is -0.308 e. The van der Waals surface area contributed by atoms with Crippen LogP contribution in [0.4, 0.5) is 14.5 Å². The SMILES string of the molecule is CS(=O)(=O)c1cccc(C(=O)N2CCCc3c(F)cc(F)cc32)c1. The normalized spacial score (nSPS) is 14.4. The van der Waals surface area contributed by atoms with Gasteiger partial charge in [-0.2, -0.15) is 0 Å². The molecule has 0 aromatic heterocycles. The summed E-state index contributed by atoms with van der Waals surface area (Å²) in [7, 11) is -3.45. The third-order valence-corrected chi connectivity index (χ3v) is 5.10. The van der Waals surface area contributed by atoms with E-state index in [1.807, 2.05) is 0 Å². The highest BCUT2D eigenvalue weighted by molar-refractivity contribution is 7.90. The Kier molecular flexibility index (Phi) is 4.13. The van der Waals surface area contributed by atoms with Gasteiger partial charge in [-0.1, -0.05) is 6.07 Å². The lowest BCUT2D eigenvalue weighted by atomic mass is 10.00. The Bertz CT molecular complexity index is 925. The molecule has 0 saturated carbocycles. The quantitative estimate of drug-likeness (QED) is 0.836. The molecule has 24 heavy (non-hydrogen) atoms. The van der Waals surface area contributed by atoms with Crippen LogP contribution in [-0.2, 0) is 16.3 Å². The summed E-state index contributed by atoms with van der Waals surface area (Å²) in [6.07, 6.45) is 2.03. The second-order valence-electron chi connectivity index (χ2n) is 5.75. The largest absolute Gasteiger partial charge is 0.308 e. The van der Waals surface area contributed by atoms with Crippen molar-refractivity contribution in [1.82, 2.24) is 0 Å². The van der Waals surface area contributed by atoms with Crippen molar-refractivity contribution in [2.24, 2.45) is 0 Å². The first-order valence-electron chi connectivity index (χ1n) is 7.37. The van der Waals surface area contributed by atoms with Crippen molar-refractivity contribution in [2.45, 2.75) is 17.7 Å². The van der Waals surface area contributed by atoms with Gasteiger partial charge in [-0.3, -0.25) is 4.79 Å². The molecule has 1 amide bonds. The molecule has 2 aromatic rings. The van der Waals surface area contributed by atoms with Crippen LogP contribution < -0.4 is 4.90 Å². The van der Waals surface area contributed by atoms with Gasteiger partial charge in [0.1, 0.15) is 11.6 Å². The molecule has 0 unspecified atom stereocenters. The van der Waals surface area contributed by atoms with Crippen molar-refractivity contribution >= 4 is 21.4 Å². The standard InChI is InChI=1S/C17H15F2NO3S/c1-24(22,23)13-5-2-4-11(8-13)17(21)20-7-3-6-14-15(19)9-12(18)10-16(14)20/h2,4-5,8-10H,3,6-7H2,1H3. The molecular formula is C17H15F2NO3S. The maximum atomic E-state index is 13.9. The number of fused-ring (bicyclic) bond motifs is 1. The Hall–Kier alpha value is -2.28. The highest BCUT2D eigenvalue weighted by atomic mass is 32.2. The zero-order chi connectivity index (χ0) is 17.5. The van der Waals surface area contributed by atoms with Crippen LogP contribution >= 0.6 is 0 Å². The maximum Gasteiger partial charge on any atom is 0.258 e. The molecule has 4 nitrogen and oxygen atoms in total. The predicted molar refractivity (Wildman–Crippen MR) is 85.9 cm³/mol. The van der Waals surface area contributed by atoms with E-state index in [0.717, 1.165) is 18.4 Å². The molecule has 0 radical (unpaired) electrons. The highest BCUT2D eigenvalue weighted by Crippen LogP contribution is 2.31. The number of hydrogen-bond acceptors (Lipinski definition) is 3. The topological polar surface area (TPSA) is 54.5 Å². The van der Waals surface area contributed by atoms with E-state index in [-0.39, 0.29) is 16.1 Å². The molecule has 0 N–H and O–H groups in total. The summed E-state index contributed by atoms with van der Waals surface area (Å²) in [5.41, 5.74) is 0.666. The second-order valence-corrected chi connectivity index (χ2v) is 7.76. The Labute approximate surface area is 138 Å². The molecule has 126 valence electrons. The molecule has 0 spiro atoms. The van der Waals surface area contributed by atoms with Crippen LogP contribution in [0.5, 0.6) is 0 Å². The van der Waals surface area contributed by atoms with E-state index < -0.39 is 27.4 Å². The Morgan fingerprint density at radius 1 is 1.17 bits per heavy atom. The molecule has 0 bridgehead atoms. The maximum absolute atomic E-state index is 13.9. The number of nitrogens with zero attached hydrogens (tertiary/aromatic N) is 1. The van der Waals surface area contributed by atoms with Crippen molar-refractivity contribution in [1.29, 1.82) is 0 Å². The van der Waals surface area contributed by atoms with Gasteiger partial charge in [0.2, 0.25) is 0 Å². The number of carbonyl (C=O) groups is 1. The monoisotopic (exact) mass is 351 g/mol. The Morgan fingerprint density at radius 3 is 2.62 bits per heavy atom. The Morgan fingerprint density at radius 2 is 1.92 bits per heavy atom. The summed E-state index contributed by atoms with van der Waals surface area (Å²) in [5.74, 6) is -1.91. The van der Waals surface area contributed by atoms with E-state index in [1.54, 1.807) is 0 Å². The number of carbonyl (C=O) groups excluding carboxylic acids is 1. The molecule has 3 rings (SSSR count). The highest BCUT2D eigenvalue weighted by Gasteiger charge is 2.27. The van der Waals surface area contributed by atoms with E-state index >= 15 is 0 Å². The third-order valence-electron chi connectivity index (χ3n) is 3.99. The van der Waals surface area contributed by atoms with Crippen LogP contribution in [0, 0.1) is 11.6 Å². The van der Waals surface area contributed by atoms with Crippen LogP contribution in [0.2, 0.25) is 0 Å². The van der Waals surface area contributed by atoms with Crippen molar-refractivity contribution in [3.63, 3.8) is 0 Å². The van der Waals surface area contributed by atoms with E-state index in [4.69, 9.17) is 0 Å². The summed E-state index contributed by atoms with van der Waals surface area (Å²) in [6.45, 7) is 0.317. The van der Waals surface area contributed by atoms with Crippen LogP contribution in [0.1, 0.15) is 22.3 Å². The van der Waals surface area contributed by atoms with Gasteiger partial charge < -0.3 is 4.90 Å². The molecular weight excluding hydrogens is 336 g/mol. The molecule has 0 aliphatic carbocycles. The molecule has 1 aliphatic heterocycles. The Balaban J connectivity index is 2.04. The van der Waals surface area contributed by atoms with Gasteiger partial charge in [0, 0.05) is 30.0 Å². The van der Waals surface area contributed by atoms with Crippen molar-refractivity contribution in [3.8, 4) is 0 Å². The lowest BCUT2D eigenvalue weighted by Gasteiger charge is -2.30. The molecule has 2 aromatic carbocycles. The molecule has 0 saturated heterocycles. The van der Waals surface area contributed by atoms with Crippen molar-refractivity contribution in [2.75, 3.05) is 17.7 Å². The second kappa shape index (κ2) is 5.98. The fraction of sp³-hybridized carbons (Fsp3) is 0.235. The third kappa shape index (κ3) is 3.03. The van der Waals surface area contributed by atoms with Gasteiger partial charge in [0.15, 0.2) is 9.84 Å². The van der Waals surface area contributed by atoms with Crippen LogP contribution in [0.25, 0.3) is 0 Å². The zero-order valence-corrected chi connectivity index (χ0v) is 13.7. The first-order chi connectivity index (χ1) is 11.3. The average Bonchev–Trinajstić information content (AvgIpc) is 2.53. The first-order valence-corrected chi connectivity index (χ1v) is 9.26. The van der Waals surface area contributed by atoms with E-state index in [9.17, 15) is 22.0 Å². The molecule has 1 aliphatic rings. The fourth-order valence-corrected chi connectivity index (χ4v) is 3.51. The summed E-state index contributed by atoms with van der Waals surface area (Å²) in [4.78, 5) is 14.1. The minimum absolute atomic E-state index is 0.0241. The molecule has 1 heterocycles. The summed E-state index contributed by atoms with van der Waals surface area (Å²) in [6, 6.07) is 7.58. The number of amides is 1. The van der Waals surface area contributed by atoms with E-state index in [0.29, 0.717) is 24.9 Å². The van der Waals surface area contributed by atoms with Gasteiger partial charge in [0.25, 0.3) is 5.91 Å². The number of anilines is 1.